The van der Waals surface area contributed by atoms with Gasteiger partial charge in [0.25, 0.3) is 5.91 Å². The lowest BCUT2D eigenvalue weighted by atomic mass is 10.0. The van der Waals surface area contributed by atoms with E-state index in [1.54, 1.807) is 11.8 Å². The van der Waals surface area contributed by atoms with Gasteiger partial charge in [-0.25, -0.2) is 0 Å². The molecule has 0 aliphatic carbocycles. The molecule has 0 radical (unpaired) electrons. The van der Waals surface area contributed by atoms with Crippen LogP contribution in [-0.2, 0) is 6.18 Å². The zero-order valence-electron chi connectivity index (χ0n) is 12.1. The quantitative estimate of drug-likeness (QED) is 0.863. The number of carbonyl (C=O) groups is 1. The van der Waals surface area contributed by atoms with Gasteiger partial charge in [0, 0.05) is 16.2 Å². The van der Waals surface area contributed by atoms with Crippen molar-refractivity contribution in [3.63, 3.8) is 0 Å². The van der Waals surface area contributed by atoms with Gasteiger partial charge < -0.3 is 5.32 Å². The highest BCUT2D eigenvalue weighted by Crippen LogP contribution is 2.36. The Balaban J connectivity index is 1.75. The SMILES string of the molecule is O=C(N[C@H]1CCSc2ccccc21)c1ccc(C(F)(F)F)cc1. The Kier molecular flexibility index (Phi) is 4.35. The van der Waals surface area contributed by atoms with E-state index < -0.39 is 11.7 Å². The van der Waals surface area contributed by atoms with E-state index in [4.69, 9.17) is 0 Å². The van der Waals surface area contributed by atoms with Gasteiger partial charge >= 0.3 is 6.18 Å². The van der Waals surface area contributed by atoms with E-state index in [9.17, 15) is 18.0 Å². The highest BCUT2D eigenvalue weighted by Gasteiger charge is 2.30. The van der Waals surface area contributed by atoms with Crippen LogP contribution in [-0.4, -0.2) is 11.7 Å². The van der Waals surface area contributed by atoms with Gasteiger partial charge in [0.1, 0.15) is 0 Å². The third-order valence-electron chi connectivity index (χ3n) is 3.74. The molecule has 0 fully saturated rings. The molecule has 2 aromatic rings. The number of hydrogen-bond acceptors (Lipinski definition) is 2. The monoisotopic (exact) mass is 337 g/mol. The summed E-state index contributed by atoms with van der Waals surface area (Å²) in [7, 11) is 0. The van der Waals surface area contributed by atoms with E-state index in [1.807, 2.05) is 24.3 Å². The minimum atomic E-state index is -4.39. The minimum Gasteiger partial charge on any atom is -0.345 e. The maximum atomic E-state index is 12.6. The van der Waals surface area contributed by atoms with Crippen molar-refractivity contribution < 1.29 is 18.0 Å². The molecule has 2 aromatic carbocycles. The van der Waals surface area contributed by atoms with Gasteiger partial charge in [-0.15, -0.1) is 11.8 Å². The molecule has 0 saturated heterocycles. The molecule has 0 saturated carbocycles. The van der Waals surface area contributed by atoms with Gasteiger partial charge in [-0.05, 0) is 42.3 Å². The maximum absolute atomic E-state index is 12.6. The number of carbonyl (C=O) groups excluding carboxylic acids is 1. The number of rotatable bonds is 2. The second-order valence-corrected chi connectivity index (χ2v) is 6.41. The topological polar surface area (TPSA) is 29.1 Å². The highest BCUT2D eigenvalue weighted by atomic mass is 32.2. The maximum Gasteiger partial charge on any atom is 0.416 e. The number of benzene rings is 2. The Morgan fingerprint density at radius 3 is 2.48 bits per heavy atom. The summed E-state index contributed by atoms with van der Waals surface area (Å²) in [6.45, 7) is 0. The average Bonchev–Trinajstić information content (AvgIpc) is 2.54. The van der Waals surface area contributed by atoms with E-state index in [-0.39, 0.29) is 17.5 Å². The summed E-state index contributed by atoms with van der Waals surface area (Å²) >= 11 is 1.74. The zero-order chi connectivity index (χ0) is 16.4. The summed E-state index contributed by atoms with van der Waals surface area (Å²) in [6, 6.07) is 12.0. The number of fused-ring (bicyclic) bond motifs is 1. The van der Waals surface area contributed by atoms with Crippen LogP contribution in [0, 0.1) is 0 Å². The number of nitrogens with one attached hydrogen (secondary N) is 1. The Morgan fingerprint density at radius 2 is 1.78 bits per heavy atom. The van der Waals surface area contributed by atoms with Crippen LogP contribution in [0.5, 0.6) is 0 Å². The summed E-state index contributed by atoms with van der Waals surface area (Å²) < 4.78 is 37.7. The van der Waals surface area contributed by atoms with E-state index in [0.717, 1.165) is 34.8 Å². The second-order valence-electron chi connectivity index (χ2n) is 5.28. The standard InChI is InChI=1S/C17H14F3NOS/c18-17(19,20)12-7-5-11(6-8-12)16(22)21-14-9-10-23-15-4-2-1-3-13(14)15/h1-8,14H,9-10H2,(H,21,22)/t14-/m0/s1. The van der Waals surface area contributed by atoms with Crippen molar-refractivity contribution in [3.05, 3.63) is 65.2 Å². The van der Waals surface area contributed by atoms with Gasteiger partial charge in [-0.1, -0.05) is 18.2 Å². The smallest absolute Gasteiger partial charge is 0.345 e. The fourth-order valence-electron chi connectivity index (χ4n) is 2.54. The van der Waals surface area contributed by atoms with Crippen LogP contribution in [0.2, 0.25) is 0 Å². The number of halogens is 3. The largest absolute Gasteiger partial charge is 0.416 e. The first-order chi connectivity index (χ1) is 10.9. The summed E-state index contributed by atoms with van der Waals surface area (Å²) in [5, 5.41) is 2.92. The molecule has 0 spiro atoms. The Hall–Kier alpha value is -1.95. The Bertz CT molecular complexity index is 713. The molecule has 1 atom stereocenters. The molecule has 2 nitrogen and oxygen atoms in total. The molecule has 0 bridgehead atoms. The fourth-order valence-corrected chi connectivity index (χ4v) is 3.67. The first-order valence-electron chi connectivity index (χ1n) is 7.15. The fraction of sp³-hybridized carbons (Fsp3) is 0.235. The normalized spacial score (nSPS) is 17.4. The summed E-state index contributed by atoms with van der Waals surface area (Å²) in [5.41, 5.74) is 0.534. The van der Waals surface area contributed by atoms with Crippen LogP contribution in [0.1, 0.15) is 33.9 Å². The summed E-state index contributed by atoms with van der Waals surface area (Å²) in [5.74, 6) is 0.542. The molecule has 1 amide bonds. The van der Waals surface area contributed by atoms with Crippen LogP contribution in [0.3, 0.4) is 0 Å². The van der Waals surface area contributed by atoms with Crippen molar-refractivity contribution in [2.75, 3.05) is 5.75 Å². The van der Waals surface area contributed by atoms with Gasteiger partial charge in [0.15, 0.2) is 0 Å². The second kappa shape index (κ2) is 6.28. The molecule has 1 aliphatic rings. The predicted molar refractivity (Wildman–Crippen MR) is 83.4 cm³/mol. The van der Waals surface area contributed by atoms with Crippen molar-refractivity contribution in [2.24, 2.45) is 0 Å². The summed E-state index contributed by atoms with van der Waals surface area (Å²) in [4.78, 5) is 13.4. The number of thioether (sulfide) groups is 1. The molecular formula is C17H14F3NOS. The molecule has 1 heterocycles. The lowest BCUT2D eigenvalue weighted by molar-refractivity contribution is -0.137. The van der Waals surface area contributed by atoms with E-state index >= 15 is 0 Å². The lowest BCUT2D eigenvalue weighted by Gasteiger charge is -2.26. The van der Waals surface area contributed by atoms with Crippen molar-refractivity contribution in [2.45, 2.75) is 23.5 Å². The predicted octanol–water partition coefficient (Wildman–Crippen LogP) is 4.67. The molecule has 0 aromatic heterocycles. The van der Waals surface area contributed by atoms with Crippen LogP contribution < -0.4 is 5.32 Å². The first kappa shape index (κ1) is 15.9. The molecule has 0 unspecified atom stereocenters. The molecule has 120 valence electrons. The molecule has 1 aliphatic heterocycles. The van der Waals surface area contributed by atoms with E-state index in [2.05, 4.69) is 5.32 Å². The minimum absolute atomic E-state index is 0.109. The van der Waals surface area contributed by atoms with Crippen LogP contribution in [0.25, 0.3) is 0 Å². The van der Waals surface area contributed by atoms with Crippen molar-refractivity contribution in [1.29, 1.82) is 0 Å². The number of alkyl halides is 3. The first-order valence-corrected chi connectivity index (χ1v) is 8.13. The van der Waals surface area contributed by atoms with Crippen molar-refractivity contribution in [3.8, 4) is 0 Å². The van der Waals surface area contributed by atoms with Gasteiger partial charge in [0.05, 0.1) is 11.6 Å². The number of hydrogen-bond donors (Lipinski definition) is 1. The third kappa shape index (κ3) is 3.52. The Morgan fingerprint density at radius 1 is 1.09 bits per heavy atom. The molecule has 23 heavy (non-hydrogen) atoms. The van der Waals surface area contributed by atoms with Gasteiger partial charge in [-0.2, -0.15) is 13.2 Å². The zero-order valence-corrected chi connectivity index (χ0v) is 12.9. The van der Waals surface area contributed by atoms with Gasteiger partial charge in [-0.3, -0.25) is 4.79 Å². The van der Waals surface area contributed by atoms with Gasteiger partial charge in [0.2, 0.25) is 0 Å². The number of amides is 1. The summed E-state index contributed by atoms with van der Waals surface area (Å²) in [6.07, 6.45) is -3.59. The molecule has 6 heteroatoms. The van der Waals surface area contributed by atoms with E-state index in [0.29, 0.717) is 0 Å². The van der Waals surface area contributed by atoms with Crippen LogP contribution >= 0.6 is 11.8 Å². The molecule has 3 rings (SSSR count). The molecular weight excluding hydrogens is 323 g/mol. The Labute approximate surface area is 136 Å². The average molecular weight is 337 g/mol. The van der Waals surface area contributed by atoms with Crippen LogP contribution in [0.4, 0.5) is 13.2 Å². The van der Waals surface area contributed by atoms with Crippen molar-refractivity contribution >= 4 is 17.7 Å². The third-order valence-corrected chi connectivity index (χ3v) is 4.86. The van der Waals surface area contributed by atoms with Crippen LogP contribution in [0.15, 0.2) is 53.4 Å². The lowest BCUT2D eigenvalue weighted by Crippen LogP contribution is -2.30. The molecule has 1 N–H and O–H groups in total. The van der Waals surface area contributed by atoms with E-state index in [1.165, 1.54) is 12.1 Å². The van der Waals surface area contributed by atoms with Crippen molar-refractivity contribution in [1.82, 2.24) is 5.32 Å². The highest BCUT2D eigenvalue weighted by molar-refractivity contribution is 7.99.